The highest BCUT2D eigenvalue weighted by Crippen LogP contribution is 2.22. The maximum atomic E-state index is 13.5. The van der Waals surface area contributed by atoms with Gasteiger partial charge in [-0.2, -0.15) is 4.31 Å². The molecule has 0 aliphatic carbocycles. The van der Waals surface area contributed by atoms with Crippen LogP contribution >= 0.6 is 0 Å². The molecule has 0 bridgehead atoms. The van der Waals surface area contributed by atoms with E-state index in [-0.39, 0.29) is 9.20 Å². The van der Waals surface area contributed by atoms with Crippen LogP contribution in [0.3, 0.4) is 0 Å². The van der Waals surface area contributed by atoms with E-state index in [0.717, 1.165) is 12.2 Å². The molecule has 0 N–H and O–H groups in total. The zero-order valence-electron chi connectivity index (χ0n) is 20.6. The third-order valence-corrected chi connectivity index (χ3v) is 6.94. The predicted molar refractivity (Wildman–Crippen MR) is 144 cm³/mol. The lowest BCUT2D eigenvalue weighted by Crippen LogP contribution is -2.39. The summed E-state index contributed by atoms with van der Waals surface area (Å²) in [7, 11) is -4.52. The smallest absolute Gasteiger partial charge is 0.273 e. The molecule has 0 heterocycles. The molecule has 3 rings (SSSR count). The molecule has 8 nitrogen and oxygen atoms in total. The summed E-state index contributed by atoms with van der Waals surface area (Å²) in [6.45, 7) is 5.25. The minimum Gasteiger partial charge on any atom is -0.279 e. The van der Waals surface area contributed by atoms with Crippen LogP contribution in [-0.2, 0) is 19.6 Å². The fraction of sp³-hybridized carbons (Fsp3) is 0.143. The Bertz CT molecular complexity index is 1320. The normalized spacial score (nSPS) is 11.8. The molecule has 0 fully saturated rings. The predicted octanol–water partition coefficient (Wildman–Crippen LogP) is 5.50. The molecule has 3 aromatic rings. The van der Waals surface area contributed by atoms with Crippen molar-refractivity contribution in [3.05, 3.63) is 108 Å². The van der Waals surface area contributed by atoms with E-state index in [1.54, 1.807) is 53.5 Å². The number of imide groups is 1. The van der Waals surface area contributed by atoms with Crippen molar-refractivity contribution in [3.63, 3.8) is 0 Å². The summed E-state index contributed by atoms with van der Waals surface area (Å²) in [5.41, 5.74) is 1.80. The summed E-state index contributed by atoms with van der Waals surface area (Å²) >= 11 is 0. The van der Waals surface area contributed by atoms with Crippen molar-refractivity contribution < 1.29 is 18.0 Å². The molecule has 3 aromatic carbocycles. The molecule has 0 spiro atoms. The Hall–Kier alpha value is -4.37. The highest BCUT2D eigenvalue weighted by molar-refractivity contribution is 7.90. The van der Waals surface area contributed by atoms with E-state index in [2.05, 4.69) is 10.3 Å². The number of carbonyl (C=O) groups excluding carboxylic acids is 2. The van der Waals surface area contributed by atoms with Gasteiger partial charge in [-0.1, -0.05) is 65.9 Å². The molecule has 0 aliphatic rings. The van der Waals surface area contributed by atoms with E-state index in [9.17, 15) is 18.0 Å². The van der Waals surface area contributed by atoms with Gasteiger partial charge < -0.3 is 0 Å². The Balaban J connectivity index is 1.93. The summed E-state index contributed by atoms with van der Waals surface area (Å²) in [5, 5.41) is 9.93. The summed E-state index contributed by atoms with van der Waals surface area (Å²) in [6, 6.07) is 23.3. The molecule has 190 valence electrons. The average Bonchev–Trinajstić information content (AvgIpc) is 2.92. The van der Waals surface area contributed by atoms with Gasteiger partial charge >= 0.3 is 0 Å². The molecule has 0 aromatic heterocycles. The van der Waals surface area contributed by atoms with Crippen LogP contribution in [0.25, 0.3) is 12.2 Å². The lowest BCUT2D eigenvalue weighted by Gasteiger charge is -2.18. The van der Waals surface area contributed by atoms with E-state index < -0.39 is 21.8 Å². The first kappa shape index (κ1) is 27.2. The van der Waals surface area contributed by atoms with Crippen molar-refractivity contribution in [2.24, 2.45) is 10.3 Å². The molecule has 0 radical (unpaired) electrons. The topological polar surface area (TPSA) is 99.5 Å². The monoisotopic (exact) mass is 516 g/mol. The van der Waals surface area contributed by atoms with Crippen LogP contribution in [0.2, 0.25) is 0 Å². The molecule has 9 heteroatoms. The number of benzene rings is 3. The third-order valence-electron chi connectivity index (χ3n) is 5.23. The molecular formula is C28H28N4O4S. The quantitative estimate of drug-likeness (QED) is 0.201. The first-order valence-corrected chi connectivity index (χ1v) is 13.1. The number of rotatable bonds is 10. The van der Waals surface area contributed by atoms with E-state index >= 15 is 0 Å². The van der Waals surface area contributed by atoms with Gasteiger partial charge in [0.1, 0.15) is 0 Å². The maximum absolute atomic E-state index is 13.5. The van der Waals surface area contributed by atoms with Crippen LogP contribution in [0.15, 0.2) is 112 Å². The molecule has 37 heavy (non-hydrogen) atoms. The second-order valence-electron chi connectivity index (χ2n) is 7.76. The molecule has 0 unspecified atom stereocenters. The Morgan fingerprint density at radius 2 is 1.19 bits per heavy atom. The van der Waals surface area contributed by atoms with Gasteiger partial charge in [-0.25, -0.2) is 8.42 Å². The second kappa shape index (κ2) is 13.1. The van der Waals surface area contributed by atoms with E-state index in [1.165, 1.54) is 36.4 Å². The summed E-state index contributed by atoms with van der Waals surface area (Å²) in [4.78, 5) is 25.9. The largest absolute Gasteiger partial charge is 0.279 e. The van der Waals surface area contributed by atoms with Crippen LogP contribution < -0.4 is 0 Å². The van der Waals surface area contributed by atoms with Gasteiger partial charge in [0.15, 0.2) is 0 Å². The first-order chi connectivity index (χ1) is 17.8. The Morgan fingerprint density at radius 3 is 1.62 bits per heavy atom. The minimum absolute atomic E-state index is 0.225. The number of carbonyl (C=O) groups is 2. The fourth-order valence-electron chi connectivity index (χ4n) is 3.20. The van der Waals surface area contributed by atoms with E-state index in [4.69, 9.17) is 0 Å². The second-order valence-corrected chi connectivity index (χ2v) is 9.54. The van der Waals surface area contributed by atoms with Gasteiger partial charge in [-0.05, 0) is 61.4 Å². The zero-order chi connectivity index (χ0) is 26.7. The summed E-state index contributed by atoms with van der Waals surface area (Å²) in [5.74, 6) is -1.98. The van der Waals surface area contributed by atoms with Gasteiger partial charge in [0.05, 0.1) is 10.6 Å². The first-order valence-electron chi connectivity index (χ1n) is 11.7. The van der Waals surface area contributed by atoms with Crippen molar-refractivity contribution in [2.75, 3.05) is 13.1 Å². The molecule has 0 aliphatic heterocycles. The third kappa shape index (κ3) is 7.55. The van der Waals surface area contributed by atoms with E-state index in [1.807, 2.05) is 26.0 Å². The Morgan fingerprint density at radius 1 is 0.730 bits per heavy atom. The lowest BCUT2D eigenvalue weighted by atomic mass is 10.2. The molecule has 0 saturated heterocycles. The standard InChI is InChI=1S/C28H28N4O4S/c1-3-31(4-2)30-29-25-17-19-26(20-18-25)37(35,36)32(27(33)21-15-23-11-7-5-8-12-23)28(34)22-16-24-13-9-6-10-14-24/h5-22H,3-4H2,1-2H3/b21-15-,22-16+,30-29?. The van der Waals surface area contributed by atoms with Crippen molar-refractivity contribution in [2.45, 2.75) is 18.7 Å². The Labute approximate surface area is 217 Å². The molecule has 2 amide bonds. The van der Waals surface area contributed by atoms with Gasteiger partial charge in [0, 0.05) is 25.2 Å². The number of hydrogen-bond acceptors (Lipinski definition) is 6. The summed E-state index contributed by atoms with van der Waals surface area (Å²) < 4.78 is 27.2. The molecular weight excluding hydrogens is 488 g/mol. The minimum atomic E-state index is -4.52. The Kier molecular flexibility index (Phi) is 9.62. The van der Waals surface area contributed by atoms with Crippen LogP contribution in [0, 0.1) is 0 Å². The fourth-order valence-corrected chi connectivity index (χ4v) is 4.49. The van der Waals surface area contributed by atoms with E-state index in [0.29, 0.717) is 29.9 Å². The number of amides is 2. The van der Waals surface area contributed by atoms with Gasteiger partial charge in [-0.15, -0.1) is 5.11 Å². The van der Waals surface area contributed by atoms with Crippen LogP contribution in [0.5, 0.6) is 0 Å². The zero-order valence-corrected chi connectivity index (χ0v) is 21.5. The van der Waals surface area contributed by atoms with Crippen molar-refractivity contribution in [1.29, 1.82) is 0 Å². The highest BCUT2D eigenvalue weighted by Gasteiger charge is 2.33. The van der Waals surface area contributed by atoms with Crippen LogP contribution in [0.1, 0.15) is 25.0 Å². The highest BCUT2D eigenvalue weighted by atomic mass is 32.2. The number of sulfonamides is 1. The van der Waals surface area contributed by atoms with Crippen LogP contribution in [0.4, 0.5) is 5.69 Å². The van der Waals surface area contributed by atoms with Gasteiger partial charge in [0.2, 0.25) is 0 Å². The van der Waals surface area contributed by atoms with Crippen molar-refractivity contribution in [1.82, 2.24) is 9.31 Å². The maximum Gasteiger partial charge on any atom is 0.273 e. The molecule has 0 atom stereocenters. The summed E-state index contributed by atoms with van der Waals surface area (Å²) in [6.07, 6.45) is 5.03. The van der Waals surface area contributed by atoms with Crippen molar-refractivity contribution in [3.8, 4) is 0 Å². The SMILES string of the molecule is CCN(CC)N=Nc1ccc(S(=O)(=O)N(C(=O)/C=C\c2ccccc2)C(=O)/C=C/c2ccccc2)cc1. The molecule has 0 saturated carbocycles. The lowest BCUT2D eigenvalue weighted by molar-refractivity contribution is -0.132. The number of nitrogens with zero attached hydrogens (tertiary/aromatic N) is 4. The van der Waals surface area contributed by atoms with Gasteiger partial charge in [0.25, 0.3) is 21.8 Å². The number of hydrogen-bond donors (Lipinski definition) is 0. The van der Waals surface area contributed by atoms with Crippen LogP contribution in [-0.4, -0.2) is 42.6 Å². The average molecular weight is 517 g/mol. The van der Waals surface area contributed by atoms with Crippen molar-refractivity contribution >= 4 is 39.7 Å². The van der Waals surface area contributed by atoms with Gasteiger partial charge in [-0.3, -0.25) is 14.6 Å².